The van der Waals surface area contributed by atoms with Gasteiger partial charge in [-0.15, -0.1) is 0 Å². The first-order valence-electron chi connectivity index (χ1n) is 5.06. The van der Waals surface area contributed by atoms with Crippen molar-refractivity contribution in [3.05, 3.63) is 46.0 Å². The Balaban J connectivity index is 2.05. The first-order valence-corrected chi connectivity index (χ1v) is 5.85. The van der Waals surface area contributed by atoms with Crippen molar-refractivity contribution in [1.82, 2.24) is 4.98 Å². The molecule has 0 fully saturated rings. The van der Waals surface area contributed by atoms with Crippen LogP contribution in [0.15, 0.2) is 33.5 Å². The van der Waals surface area contributed by atoms with Crippen molar-refractivity contribution in [2.45, 2.75) is 20.4 Å². The largest absolute Gasteiger partial charge is 0.467 e. The fourth-order valence-electron chi connectivity index (χ4n) is 1.39. The van der Waals surface area contributed by atoms with Gasteiger partial charge in [0.15, 0.2) is 0 Å². The molecule has 0 amide bonds. The summed E-state index contributed by atoms with van der Waals surface area (Å²) in [6.45, 7) is 4.72. The Morgan fingerprint density at radius 2 is 2.19 bits per heavy atom. The number of furan rings is 1. The van der Waals surface area contributed by atoms with E-state index < -0.39 is 0 Å². The van der Waals surface area contributed by atoms with Crippen molar-refractivity contribution in [2.75, 3.05) is 5.32 Å². The zero-order valence-corrected chi connectivity index (χ0v) is 10.8. The summed E-state index contributed by atoms with van der Waals surface area (Å²) >= 11 is 3.42. The van der Waals surface area contributed by atoms with E-state index >= 15 is 0 Å². The minimum Gasteiger partial charge on any atom is -0.467 e. The second kappa shape index (κ2) is 4.70. The molecule has 0 aliphatic rings. The number of aromatic nitrogens is 1. The van der Waals surface area contributed by atoms with E-state index in [0.29, 0.717) is 6.54 Å². The van der Waals surface area contributed by atoms with Crippen LogP contribution in [0, 0.1) is 13.8 Å². The highest BCUT2D eigenvalue weighted by atomic mass is 79.9. The molecule has 0 aliphatic heterocycles. The third-order valence-corrected chi connectivity index (χ3v) is 3.28. The molecule has 0 saturated carbocycles. The van der Waals surface area contributed by atoms with Crippen molar-refractivity contribution in [3.63, 3.8) is 0 Å². The van der Waals surface area contributed by atoms with Crippen LogP contribution in [0.3, 0.4) is 0 Å². The van der Waals surface area contributed by atoms with Crippen LogP contribution in [0.25, 0.3) is 0 Å². The molecule has 0 aliphatic carbocycles. The Bertz CT molecular complexity index is 494. The van der Waals surface area contributed by atoms with Gasteiger partial charge in [-0.05, 0) is 53.0 Å². The zero-order chi connectivity index (χ0) is 11.5. The van der Waals surface area contributed by atoms with Gasteiger partial charge in [0.2, 0.25) is 0 Å². The Labute approximate surface area is 103 Å². The summed E-state index contributed by atoms with van der Waals surface area (Å²) in [6.07, 6.45) is 3.50. The molecule has 0 bridgehead atoms. The van der Waals surface area contributed by atoms with Crippen LogP contribution in [-0.4, -0.2) is 4.98 Å². The molecule has 2 aromatic heterocycles. The second-order valence-corrected chi connectivity index (χ2v) is 4.55. The van der Waals surface area contributed by atoms with E-state index in [1.165, 1.54) is 0 Å². The fourth-order valence-corrected chi connectivity index (χ4v) is 1.61. The van der Waals surface area contributed by atoms with Crippen LogP contribution in [0.5, 0.6) is 0 Å². The molecule has 0 atom stereocenters. The summed E-state index contributed by atoms with van der Waals surface area (Å²) < 4.78 is 6.36. The van der Waals surface area contributed by atoms with Crippen molar-refractivity contribution in [2.24, 2.45) is 0 Å². The van der Waals surface area contributed by atoms with Crippen molar-refractivity contribution >= 4 is 21.7 Å². The normalized spacial score (nSPS) is 10.4. The minimum atomic E-state index is 0.660. The van der Waals surface area contributed by atoms with Crippen molar-refractivity contribution in [3.8, 4) is 0 Å². The Morgan fingerprint density at radius 1 is 1.38 bits per heavy atom. The second-order valence-electron chi connectivity index (χ2n) is 3.70. The molecule has 2 rings (SSSR count). The van der Waals surface area contributed by atoms with E-state index in [1.807, 2.05) is 26.0 Å². The van der Waals surface area contributed by atoms with Crippen molar-refractivity contribution in [1.29, 1.82) is 0 Å². The van der Waals surface area contributed by atoms with Crippen LogP contribution in [0.1, 0.15) is 16.9 Å². The van der Waals surface area contributed by atoms with Crippen LogP contribution in [0.4, 0.5) is 5.82 Å². The molecule has 16 heavy (non-hydrogen) atoms. The molecule has 3 nitrogen and oxygen atoms in total. The average molecular weight is 281 g/mol. The summed E-state index contributed by atoms with van der Waals surface area (Å²) in [6, 6.07) is 3.96. The molecular formula is C12H13BrN2O. The third-order valence-electron chi connectivity index (χ3n) is 2.45. The lowest BCUT2D eigenvalue weighted by Crippen LogP contribution is -2.01. The highest BCUT2D eigenvalue weighted by Gasteiger charge is 2.03. The van der Waals surface area contributed by atoms with Gasteiger partial charge >= 0.3 is 0 Å². The molecule has 1 N–H and O–H groups in total. The average Bonchev–Trinajstić information content (AvgIpc) is 2.66. The lowest BCUT2D eigenvalue weighted by molar-refractivity contribution is 0.515. The molecule has 2 aromatic rings. The first-order chi connectivity index (χ1) is 7.66. The Kier molecular flexibility index (Phi) is 3.29. The number of halogens is 1. The fraction of sp³-hybridized carbons (Fsp3) is 0.250. The predicted molar refractivity (Wildman–Crippen MR) is 67.4 cm³/mol. The summed E-state index contributed by atoms with van der Waals surface area (Å²) in [4.78, 5) is 4.27. The van der Waals surface area contributed by atoms with Gasteiger partial charge in [-0.3, -0.25) is 0 Å². The van der Waals surface area contributed by atoms with E-state index in [9.17, 15) is 0 Å². The topological polar surface area (TPSA) is 38.1 Å². The predicted octanol–water partition coefficient (Wildman–Crippen LogP) is 3.67. The SMILES string of the molecule is Cc1cc(NCc2occc2C)ncc1Br. The van der Waals surface area contributed by atoms with Gasteiger partial charge in [0.1, 0.15) is 11.6 Å². The molecule has 4 heteroatoms. The number of anilines is 1. The number of nitrogens with zero attached hydrogens (tertiary/aromatic N) is 1. The number of hydrogen-bond donors (Lipinski definition) is 1. The molecule has 84 valence electrons. The lowest BCUT2D eigenvalue weighted by atomic mass is 10.2. The van der Waals surface area contributed by atoms with Gasteiger partial charge in [-0.25, -0.2) is 4.98 Å². The van der Waals surface area contributed by atoms with E-state index in [4.69, 9.17) is 4.42 Å². The molecule has 0 unspecified atom stereocenters. The van der Waals surface area contributed by atoms with Gasteiger partial charge < -0.3 is 9.73 Å². The van der Waals surface area contributed by atoms with Gasteiger partial charge in [-0.2, -0.15) is 0 Å². The number of nitrogens with one attached hydrogen (secondary N) is 1. The number of aryl methyl sites for hydroxylation is 2. The van der Waals surface area contributed by atoms with Crippen LogP contribution in [0.2, 0.25) is 0 Å². The first kappa shape index (κ1) is 11.2. The summed E-state index contributed by atoms with van der Waals surface area (Å²) in [5, 5.41) is 3.23. The van der Waals surface area contributed by atoms with E-state index in [-0.39, 0.29) is 0 Å². The number of rotatable bonds is 3. The van der Waals surface area contributed by atoms with Crippen LogP contribution < -0.4 is 5.32 Å². The lowest BCUT2D eigenvalue weighted by Gasteiger charge is -2.06. The molecular weight excluding hydrogens is 268 g/mol. The smallest absolute Gasteiger partial charge is 0.126 e. The molecule has 0 aromatic carbocycles. The van der Waals surface area contributed by atoms with Crippen LogP contribution >= 0.6 is 15.9 Å². The van der Waals surface area contributed by atoms with E-state index in [2.05, 4.69) is 26.2 Å². The highest BCUT2D eigenvalue weighted by molar-refractivity contribution is 9.10. The van der Waals surface area contributed by atoms with Gasteiger partial charge in [0.25, 0.3) is 0 Å². The molecule has 2 heterocycles. The Morgan fingerprint density at radius 3 is 2.81 bits per heavy atom. The maximum Gasteiger partial charge on any atom is 0.126 e. The highest BCUT2D eigenvalue weighted by Crippen LogP contribution is 2.18. The van der Waals surface area contributed by atoms with Gasteiger partial charge in [-0.1, -0.05) is 0 Å². The number of pyridine rings is 1. The van der Waals surface area contributed by atoms with Gasteiger partial charge in [0, 0.05) is 10.7 Å². The number of hydrogen-bond acceptors (Lipinski definition) is 3. The maximum absolute atomic E-state index is 5.34. The standard InChI is InChI=1S/C12H13BrN2O/c1-8-3-4-16-11(8)7-15-12-5-9(2)10(13)6-14-12/h3-6H,7H2,1-2H3,(H,14,15). The van der Waals surface area contributed by atoms with E-state index in [0.717, 1.165) is 27.2 Å². The Hall–Kier alpha value is -1.29. The monoisotopic (exact) mass is 280 g/mol. The summed E-state index contributed by atoms with van der Waals surface area (Å²) in [5.74, 6) is 1.80. The maximum atomic E-state index is 5.34. The summed E-state index contributed by atoms with van der Waals surface area (Å²) in [7, 11) is 0. The molecule has 0 saturated heterocycles. The van der Waals surface area contributed by atoms with E-state index in [1.54, 1.807) is 12.5 Å². The quantitative estimate of drug-likeness (QED) is 0.932. The summed E-state index contributed by atoms with van der Waals surface area (Å²) in [5.41, 5.74) is 2.31. The zero-order valence-electron chi connectivity index (χ0n) is 9.25. The third kappa shape index (κ3) is 2.44. The van der Waals surface area contributed by atoms with Crippen molar-refractivity contribution < 1.29 is 4.42 Å². The molecule has 0 spiro atoms. The van der Waals surface area contributed by atoms with Gasteiger partial charge in [0.05, 0.1) is 12.8 Å². The minimum absolute atomic E-state index is 0.660. The van der Waals surface area contributed by atoms with Crippen LogP contribution in [-0.2, 0) is 6.54 Å². The molecule has 0 radical (unpaired) electrons.